The minimum absolute atomic E-state index is 0.0112. The van der Waals surface area contributed by atoms with Crippen LogP contribution in [0.3, 0.4) is 0 Å². The fourth-order valence-corrected chi connectivity index (χ4v) is 3.17. The lowest BCUT2D eigenvalue weighted by atomic mass is 10.1. The zero-order valence-corrected chi connectivity index (χ0v) is 15.7. The van der Waals surface area contributed by atoms with E-state index in [0.29, 0.717) is 37.5 Å². The molecule has 0 saturated carbocycles. The minimum atomic E-state index is 0.0112. The van der Waals surface area contributed by atoms with Crippen molar-refractivity contribution in [3.63, 3.8) is 0 Å². The number of nitrogens with zero attached hydrogens (tertiary/aromatic N) is 2. The number of nitrogens with one attached hydrogen (secondary N) is 2. The van der Waals surface area contributed by atoms with E-state index in [9.17, 15) is 4.79 Å². The van der Waals surface area contributed by atoms with Crippen molar-refractivity contribution in [2.45, 2.75) is 32.7 Å². The molecular weight excluding hydrogens is 352 g/mol. The van der Waals surface area contributed by atoms with Gasteiger partial charge in [-0.15, -0.1) is 0 Å². The Morgan fingerprint density at radius 2 is 2.04 bits per heavy atom. The molecule has 4 aromatic rings. The number of amides is 1. The third kappa shape index (κ3) is 4.28. The zero-order chi connectivity index (χ0) is 19.3. The molecule has 0 fully saturated rings. The van der Waals surface area contributed by atoms with Gasteiger partial charge >= 0.3 is 0 Å². The van der Waals surface area contributed by atoms with E-state index < -0.39 is 0 Å². The number of hydrogen-bond acceptors (Lipinski definition) is 4. The van der Waals surface area contributed by atoms with Crippen LogP contribution in [0.25, 0.3) is 22.3 Å². The van der Waals surface area contributed by atoms with Crippen molar-refractivity contribution in [1.82, 2.24) is 20.4 Å². The van der Waals surface area contributed by atoms with Crippen LogP contribution < -0.4 is 5.32 Å². The third-order valence-corrected chi connectivity index (χ3v) is 4.60. The molecule has 0 aliphatic rings. The second-order valence-corrected chi connectivity index (χ2v) is 6.89. The Morgan fingerprint density at radius 1 is 1.14 bits per heavy atom. The standard InChI is InChI=1S/C22H22N4O2/c1-15-6-4-8-17(12-15)22-25-21(28-26-22)11-5-10-20(27)23-14-18-13-16-7-2-3-9-19(16)24-18/h2-4,6-9,12-13,24H,5,10-11,14H2,1H3,(H,23,27). The van der Waals surface area contributed by atoms with Crippen LogP contribution in [0.15, 0.2) is 59.1 Å². The molecule has 0 spiro atoms. The van der Waals surface area contributed by atoms with Gasteiger partial charge < -0.3 is 14.8 Å². The zero-order valence-electron chi connectivity index (χ0n) is 15.7. The topological polar surface area (TPSA) is 83.8 Å². The molecule has 6 nitrogen and oxygen atoms in total. The number of H-pyrrole nitrogens is 1. The summed E-state index contributed by atoms with van der Waals surface area (Å²) in [6.07, 6.45) is 1.66. The molecule has 0 aliphatic carbocycles. The Labute approximate surface area is 163 Å². The van der Waals surface area contributed by atoms with Crippen LogP contribution >= 0.6 is 0 Å². The molecule has 2 N–H and O–H groups in total. The largest absolute Gasteiger partial charge is 0.357 e. The van der Waals surface area contributed by atoms with Gasteiger partial charge in [-0.3, -0.25) is 4.79 Å². The molecule has 0 radical (unpaired) electrons. The van der Waals surface area contributed by atoms with Gasteiger partial charge in [-0.1, -0.05) is 47.1 Å². The van der Waals surface area contributed by atoms with E-state index >= 15 is 0 Å². The van der Waals surface area contributed by atoms with Crippen molar-refractivity contribution < 1.29 is 9.32 Å². The number of hydrogen-bond donors (Lipinski definition) is 2. The number of benzene rings is 2. The van der Waals surface area contributed by atoms with Crippen LogP contribution in [0.5, 0.6) is 0 Å². The summed E-state index contributed by atoms with van der Waals surface area (Å²) in [4.78, 5) is 19.8. The van der Waals surface area contributed by atoms with Gasteiger partial charge in [-0.25, -0.2) is 0 Å². The number of carbonyl (C=O) groups is 1. The van der Waals surface area contributed by atoms with Crippen LogP contribution in [-0.4, -0.2) is 21.0 Å². The highest BCUT2D eigenvalue weighted by Crippen LogP contribution is 2.18. The summed E-state index contributed by atoms with van der Waals surface area (Å²) < 4.78 is 5.31. The lowest BCUT2D eigenvalue weighted by molar-refractivity contribution is -0.121. The molecule has 0 bridgehead atoms. The number of carbonyl (C=O) groups excluding carboxylic acids is 1. The first-order valence-electron chi connectivity index (χ1n) is 9.40. The summed E-state index contributed by atoms with van der Waals surface area (Å²) in [6, 6.07) is 18.1. The summed E-state index contributed by atoms with van der Waals surface area (Å²) in [6.45, 7) is 2.52. The second-order valence-electron chi connectivity index (χ2n) is 6.89. The number of rotatable bonds is 7. The van der Waals surface area contributed by atoms with E-state index in [1.54, 1.807) is 0 Å². The fraction of sp³-hybridized carbons (Fsp3) is 0.227. The van der Waals surface area contributed by atoms with E-state index in [1.807, 2.05) is 55.5 Å². The number of para-hydroxylation sites is 1. The molecule has 4 rings (SSSR count). The van der Waals surface area contributed by atoms with Crippen molar-refractivity contribution in [1.29, 1.82) is 0 Å². The number of aromatic nitrogens is 3. The summed E-state index contributed by atoms with van der Waals surface area (Å²) in [5, 5.41) is 8.12. The highest BCUT2D eigenvalue weighted by atomic mass is 16.5. The monoisotopic (exact) mass is 374 g/mol. The van der Waals surface area contributed by atoms with E-state index in [2.05, 4.69) is 26.5 Å². The van der Waals surface area contributed by atoms with Gasteiger partial charge in [0.1, 0.15) is 0 Å². The molecule has 0 aliphatic heterocycles. The molecule has 0 atom stereocenters. The number of aryl methyl sites for hydroxylation is 2. The van der Waals surface area contributed by atoms with Crippen LogP contribution in [0.4, 0.5) is 0 Å². The Bertz CT molecular complexity index is 1060. The van der Waals surface area contributed by atoms with Gasteiger partial charge in [0, 0.05) is 29.6 Å². The molecule has 1 amide bonds. The first kappa shape index (κ1) is 18.0. The number of fused-ring (bicyclic) bond motifs is 1. The quantitative estimate of drug-likeness (QED) is 0.509. The molecule has 2 aromatic carbocycles. The van der Waals surface area contributed by atoms with E-state index in [4.69, 9.17) is 4.52 Å². The second kappa shape index (κ2) is 8.08. The molecular formula is C22H22N4O2. The van der Waals surface area contributed by atoms with E-state index in [1.165, 1.54) is 0 Å². The Kier molecular flexibility index (Phi) is 5.19. The Balaban J connectivity index is 1.24. The van der Waals surface area contributed by atoms with Gasteiger partial charge in [0.2, 0.25) is 17.6 Å². The first-order valence-corrected chi connectivity index (χ1v) is 9.40. The van der Waals surface area contributed by atoms with Crippen molar-refractivity contribution >= 4 is 16.8 Å². The molecule has 2 heterocycles. The molecule has 6 heteroatoms. The van der Waals surface area contributed by atoms with Crippen LogP contribution in [0.2, 0.25) is 0 Å². The fourth-order valence-electron chi connectivity index (χ4n) is 3.17. The Hall–Kier alpha value is -3.41. The van der Waals surface area contributed by atoms with E-state index in [0.717, 1.165) is 27.7 Å². The number of aromatic amines is 1. The highest BCUT2D eigenvalue weighted by molar-refractivity contribution is 5.80. The van der Waals surface area contributed by atoms with Gasteiger partial charge in [-0.2, -0.15) is 4.98 Å². The molecule has 142 valence electrons. The summed E-state index contributed by atoms with van der Waals surface area (Å²) in [5.41, 5.74) is 4.16. The van der Waals surface area contributed by atoms with Gasteiger partial charge in [0.15, 0.2) is 0 Å². The van der Waals surface area contributed by atoms with Crippen molar-refractivity contribution in [3.05, 3.63) is 71.7 Å². The Morgan fingerprint density at radius 3 is 2.89 bits per heavy atom. The average Bonchev–Trinajstić information content (AvgIpc) is 3.33. The van der Waals surface area contributed by atoms with Gasteiger partial charge in [0.05, 0.1) is 6.54 Å². The van der Waals surface area contributed by atoms with Crippen molar-refractivity contribution in [3.8, 4) is 11.4 Å². The predicted molar refractivity (Wildman–Crippen MR) is 108 cm³/mol. The average molecular weight is 374 g/mol. The van der Waals surface area contributed by atoms with Gasteiger partial charge in [-0.05, 0) is 36.9 Å². The predicted octanol–water partition coefficient (Wildman–Crippen LogP) is 4.17. The van der Waals surface area contributed by atoms with Crippen molar-refractivity contribution in [2.75, 3.05) is 0 Å². The van der Waals surface area contributed by atoms with Gasteiger partial charge in [0.25, 0.3) is 0 Å². The maximum Gasteiger partial charge on any atom is 0.226 e. The first-order chi connectivity index (χ1) is 13.7. The molecule has 0 unspecified atom stereocenters. The van der Waals surface area contributed by atoms with Crippen molar-refractivity contribution in [2.24, 2.45) is 0 Å². The molecule has 2 aromatic heterocycles. The van der Waals surface area contributed by atoms with Crippen LogP contribution in [-0.2, 0) is 17.8 Å². The van der Waals surface area contributed by atoms with Crippen LogP contribution in [0.1, 0.15) is 30.0 Å². The summed E-state index contributed by atoms with van der Waals surface area (Å²) in [5.74, 6) is 1.15. The minimum Gasteiger partial charge on any atom is -0.357 e. The smallest absolute Gasteiger partial charge is 0.226 e. The lowest BCUT2D eigenvalue weighted by Crippen LogP contribution is -2.22. The summed E-state index contributed by atoms with van der Waals surface area (Å²) >= 11 is 0. The highest BCUT2D eigenvalue weighted by Gasteiger charge is 2.10. The SMILES string of the molecule is Cc1cccc(-c2noc(CCCC(=O)NCc3cc4ccccc4[nH]3)n2)c1. The molecule has 28 heavy (non-hydrogen) atoms. The third-order valence-electron chi connectivity index (χ3n) is 4.60. The van der Waals surface area contributed by atoms with E-state index in [-0.39, 0.29) is 5.91 Å². The maximum atomic E-state index is 12.1. The molecule has 0 saturated heterocycles. The maximum absolute atomic E-state index is 12.1. The van der Waals surface area contributed by atoms with Crippen LogP contribution in [0, 0.1) is 6.92 Å². The lowest BCUT2D eigenvalue weighted by Gasteiger charge is -2.02. The summed E-state index contributed by atoms with van der Waals surface area (Å²) in [7, 11) is 0. The normalized spacial score (nSPS) is 11.0.